The molecule has 0 bridgehead atoms. The van der Waals surface area contributed by atoms with E-state index in [4.69, 9.17) is 0 Å². The molecule has 0 atom stereocenters. The predicted molar refractivity (Wildman–Crippen MR) is 56.7 cm³/mol. The van der Waals surface area contributed by atoms with Gasteiger partial charge in [0.25, 0.3) is 0 Å². The molecule has 0 radical (unpaired) electrons. The van der Waals surface area contributed by atoms with E-state index in [0.29, 0.717) is 6.54 Å². The molecular weight excluding hydrogens is 196 g/mol. The first-order chi connectivity index (χ1) is 6.86. The van der Waals surface area contributed by atoms with Crippen LogP contribution in [0.15, 0.2) is 17.5 Å². The van der Waals surface area contributed by atoms with Crippen molar-refractivity contribution in [1.29, 1.82) is 0 Å². The quantitative estimate of drug-likeness (QED) is 0.677. The van der Waals surface area contributed by atoms with Gasteiger partial charge >= 0.3 is 0 Å². The van der Waals surface area contributed by atoms with Crippen molar-refractivity contribution in [3.63, 3.8) is 0 Å². The smallest absolute Gasteiger partial charge is 0.243 e. The van der Waals surface area contributed by atoms with Crippen LogP contribution in [0.5, 0.6) is 0 Å². The van der Waals surface area contributed by atoms with Crippen molar-refractivity contribution < 1.29 is 9.79 Å². The zero-order chi connectivity index (χ0) is 9.80. The molecule has 1 aliphatic heterocycles. The Morgan fingerprint density at radius 2 is 2.57 bits per heavy atom. The van der Waals surface area contributed by atoms with Crippen molar-refractivity contribution in [2.24, 2.45) is 0 Å². The van der Waals surface area contributed by atoms with E-state index in [0.717, 1.165) is 30.1 Å². The van der Waals surface area contributed by atoms with Crippen LogP contribution in [-0.2, 0) is 0 Å². The van der Waals surface area contributed by atoms with E-state index < -0.39 is 0 Å². The molecule has 0 spiro atoms. The molecule has 4 heteroatoms. The lowest BCUT2D eigenvalue weighted by atomic mass is 10.3. The van der Waals surface area contributed by atoms with Gasteiger partial charge in [-0.25, -0.2) is 0 Å². The third-order valence-corrected chi connectivity index (χ3v) is 3.11. The van der Waals surface area contributed by atoms with E-state index in [2.05, 4.69) is 10.3 Å². The SMILES string of the molecule is O=C(CNC1=[NH+]CCC1)c1cccs1. The molecule has 0 aromatic carbocycles. The lowest BCUT2D eigenvalue weighted by Crippen LogP contribution is -2.72. The van der Waals surface area contributed by atoms with Gasteiger partial charge in [0.2, 0.25) is 11.6 Å². The molecule has 0 aliphatic carbocycles. The summed E-state index contributed by atoms with van der Waals surface area (Å²) < 4.78 is 0. The molecule has 2 heterocycles. The van der Waals surface area contributed by atoms with Gasteiger partial charge in [-0.1, -0.05) is 6.07 Å². The summed E-state index contributed by atoms with van der Waals surface area (Å²) in [6.07, 6.45) is 2.20. The number of Topliss-reactive ketones (excluding diaryl/α,β-unsaturated/α-hetero) is 1. The van der Waals surface area contributed by atoms with Gasteiger partial charge in [-0.3, -0.25) is 15.1 Å². The summed E-state index contributed by atoms with van der Waals surface area (Å²) in [5, 5.41) is 5.06. The van der Waals surface area contributed by atoms with E-state index in [-0.39, 0.29) is 5.78 Å². The average Bonchev–Trinajstić information content (AvgIpc) is 2.87. The highest BCUT2D eigenvalue weighted by molar-refractivity contribution is 7.12. The molecule has 2 N–H and O–H groups in total. The fourth-order valence-electron chi connectivity index (χ4n) is 1.46. The molecule has 14 heavy (non-hydrogen) atoms. The highest BCUT2D eigenvalue weighted by Gasteiger charge is 2.15. The first-order valence-corrected chi connectivity index (χ1v) is 5.64. The molecule has 1 aromatic heterocycles. The number of carbonyl (C=O) groups excluding carboxylic acids is 1. The maximum atomic E-state index is 11.6. The largest absolute Gasteiger partial charge is 0.289 e. The highest BCUT2D eigenvalue weighted by Crippen LogP contribution is 2.08. The van der Waals surface area contributed by atoms with Crippen LogP contribution in [0.1, 0.15) is 22.5 Å². The second-order valence-electron chi connectivity index (χ2n) is 3.26. The minimum absolute atomic E-state index is 0.168. The molecule has 0 fully saturated rings. The molecule has 0 amide bonds. The highest BCUT2D eigenvalue weighted by atomic mass is 32.1. The van der Waals surface area contributed by atoms with Gasteiger partial charge in [0.05, 0.1) is 17.8 Å². The van der Waals surface area contributed by atoms with E-state index in [1.165, 1.54) is 11.3 Å². The van der Waals surface area contributed by atoms with Crippen LogP contribution in [0.2, 0.25) is 0 Å². The Hall–Kier alpha value is -1.16. The van der Waals surface area contributed by atoms with Gasteiger partial charge in [0.15, 0.2) is 0 Å². The van der Waals surface area contributed by atoms with Gasteiger partial charge in [0.1, 0.15) is 6.54 Å². The molecule has 0 unspecified atom stereocenters. The maximum absolute atomic E-state index is 11.6. The Kier molecular flexibility index (Phi) is 2.93. The number of amidine groups is 1. The summed E-state index contributed by atoms with van der Waals surface area (Å²) in [7, 11) is 0. The van der Waals surface area contributed by atoms with Crippen molar-refractivity contribution in [3.05, 3.63) is 22.4 Å². The first kappa shape index (κ1) is 9.40. The van der Waals surface area contributed by atoms with Gasteiger partial charge in [-0.2, -0.15) is 0 Å². The third-order valence-electron chi connectivity index (χ3n) is 2.20. The average molecular weight is 209 g/mol. The van der Waals surface area contributed by atoms with E-state index >= 15 is 0 Å². The van der Waals surface area contributed by atoms with E-state index in [1.54, 1.807) is 0 Å². The van der Waals surface area contributed by atoms with Crippen LogP contribution < -0.4 is 10.3 Å². The molecular formula is C10H13N2OS+. The standard InChI is InChI=1S/C10H12N2OS/c13-8(9-3-2-6-14-9)7-12-10-4-1-5-11-10/h2-3,6H,1,4-5,7H2,(H,11,12)/p+1. The van der Waals surface area contributed by atoms with Crippen LogP contribution in [-0.4, -0.2) is 24.7 Å². The summed E-state index contributed by atoms with van der Waals surface area (Å²) in [6.45, 7) is 1.43. The van der Waals surface area contributed by atoms with Gasteiger partial charge < -0.3 is 0 Å². The maximum Gasteiger partial charge on any atom is 0.243 e. The monoisotopic (exact) mass is 209 g/mol. The summed E-state index contributed by atoms with van der Waals surface area (Å²) in [4.78, 5) is 15.6. The van der Waals surface area contributed by atoms with Crippen LogP contribution in [0, 0.1) is 0 Å². The van der Waals surface area contributed by atoms with Gasteiger partial charge in [0, 0.05) is 0 Å². The molecule has 1 aliphatic rings. The number of carbonyl (C=O) groups is 1. The summed E-state index contributed by atoms with van der Waals surface area (Å²) in [5.74, 6) is 1.27. The molecule has 0 saturated heterocycles. The zero-order valence-corrected chi connectivity index (χ0v) is 8.69. The number of hydrogen-bond donors (Lipinski definition) is 2. The Morgan fingerprint density at radius 1 is 1.64 bits per heavy atom. The van der Waals surface area contributed by atoms with Crippen LogP contribution in [0.3, 0.4) is 0 Å². The molecule has 3 nitrogen and oxygen atoms in total. The van der Waals surface area contributed by atoms with Crippen molar-refractivity contribution in [2.75, 3.05) is 13.1 Å². The van der Waals surface area contributed by atoms with Crippen LogP contribution in [0.25, 0.3) is 0 Å². The summed E-state index contributed by atoms with van der Waals surface area (Å²) >= 11 is 1.49. The Balaban J connectivity index is 1.83. The lowest BCUT2D eigenvalue weighted by Gasteiger charge is -1.96. The molecule has 2 rings (SSSR count). The normalized spacial score (nSPS) is 15.3. The van der Waals surface area contributed by atoms with E-state index in [9.17, 15) is 4.79 Å². The first-order valence-electron chi connectivity index (χ1n) is 4.76. The number of rotatable bonds is 3. The van der Waals surface area contributed by atoms with Crippen molar-refractivity contribution >= 4 is 23.0 Å². The molecule has 74 valence electrons. The fraction of sp³-hybridized carbons (Fsp3) is 0.400. The molecule has 0 saturated carbocycles. The molecule has 1 aromatic rings. The van der Waals surface area contributed by atoms with Crippen LogP contribution >= 0.6 is 11.3 Å². The van der Waals surface area contributed by atoms with Crippen molar-refractivity contribution in [2.45, 2.75) is 12.8 Å². The predicted octanol–water partition coefficient (Wildman–Crippen LogP) is -0.207. The Morgan fingerprint density at radius 3 is 3.21 bits per heavy atom. The third kappa shape index (κ3) is 2.20. The van der Waals surface area contributed by atoms with E-state index in [1.807, 2.05) is 17.5 Å². The van der Waals surface area contributed by atoms with Gasteiger partial charge in [-0.05, 0) is 17.9 Å². The van der Waals surface area contributed by atoms with Crippen molar-refractivity contribution in [3.8, 4) is 0 Å². The minimum Gasteiger partial charge on any atom is -0.289 e. The summed E-state index contributed by atoms with van der Waals surface area (Å²) in [6, 6.07) is 3.76. The summed E-state index contributed by atoms with van der Waals surface area (Å²) in [5.41, 5.74) is 0. The number of hydrogen-bond acceptors (Lipinski definition) is 3. The number of thiophene rings is 1. The van der Waals surface area contributed by atoms with Gasteiger partial charge in [-0.15, -0.1) is 11.3 Å². The zero-order valence-electron chi connectivity index (χ0n) is 7.88. The lowest BCUT2D eigenvalue weighted by molar-refractivity contribution is -0.449. The topological polar surface area (TPSA) is 43.1 Å². The van der Waals surface area contributed by atoms with Crippen molar-refractivity contribution in [1.82, 2.24) is 5.32 Å². The second-order valence-corrected chi connectivity index (χ2v) is 4.21. The Bertz CT molecular complexity index is 343. The number of nitrogens with one attached hydrogen (secondary N) is 2. The van der Waals surface area contributed by atoms with Crippen LogP contribution in [0.4, 0.5) is 0 Å². The number of ketones is 1. The Labute approximate surface area is 86.9 Å². The fourth-order valence-corrected chi connectivity index (χ4v) is 2.12. The second kappa shape index (κ2) is 4.37. The minimum atomic E-state index is 0.168.